The summed E-state index contributed by atoms with van der Waals surface area (Å²) in [5, 5.41) is 4.30. The van der Waals surface area contributed by atoms with Gasteiger partial charge in [0.15, 0.2) is 6.29 Å². The quantitative estimate of drug-likeness (QED) is 0.211. The molecule has 0 aliphatic carbocycles. The summed E-state index contributed by atoms with van der Waals surface area (Å²) in [6.45, 7) is 7.08. The number of ether oxygens (including phenoxy) is 1. The first kappa shape index (κ1) is 23.4. The van der Waals surface area contributed by atoms with Gasteiger partial charge in [-0.15, -0.1) is 0 Å². The van der Waals surface area contributed by atoms with Gasteiger partial charge in [0.25, 0.3) is 0 Å². The lowest BCUT2D eigenvalue weighted by Crippen LogP contribution is -2.44. The summed E-state index contributed by atoms with van der Waals surface area (Å²) in [4.78, 5) is 17.2. The largest absolute Gasteiger partial charge is 0.493 e. The second-order valence-electron chi connectivity index (χ2n) is 9.55. The van der Waals surface area contributed by atoms with Gasteiger partial charge < -0.3 is 14.5 Å². The Kier molecular flexibility index (Phi) is 7.01. The van der Waals surface area contributed by atoms with Crippen LogP contribution < -0.4 is 9.64 Å². The van der Waals surface area contributed by atoms with Crippen LogP contribution >= 0.6 is 0 Å². The van der Waals surface area contributed by atoms with Crippen molar-refractivity contribution in [1.29, 1.82) is 0 Å². The van der Waals surface area contributed by atoms with Crippen molar-refractivity contribution in [2.45, 2.75) is 26.2 Å². The summed E-state index contributed by atoms with van der Waals surface area (Å²) < 4.78 is 6.25. The number of unbranched alkanes of at least 4 members (excludes halogenated alkanes) is 2. The topological polar surface area (TPSA) is 32.8 Å². The van der Waals surface area contributed by atoms with Crippen molar-refractivity contribution in [3.05, 3.63) is 72.3 Å². The molecule has 4 aromatic rings. The molecule has 0 aromatic heterocycles. The van der Waals surface area contributed by atoms with E-state index in [-0.39, 0.29) is 0 Å². The van der Waals surface area contributed by atoms with Crippen LogP contribution in [0, 0.1) is 0 Å². The molecule has 4 heteroatoms. The summed E-state index contributed by atoms with van der Waals surface area (Å²) in [5.41, 5.74) is 4.01. The van der Waals surface area contributed by atoms with Crippen LogP contribution in [-0.4, -0.2) is 51.0 Å². The van der Waals surface area contributed by atoms with Crippen LogP contribution in [-0.2, 0) is 0 Å². The number of carbonyl (C=O) groups excluding carboxylic acids is 1. The normalized spacial score (nSPS) is 14.5. The molecule has 35 heavy (non-hydrogen) atoms. The molecule has 5 rings (SSSR count). The van der Waals surface area contributed by atoms with Gasteiger partial charge >= 0.3 is 0 Å². The molecule has 1 saturated heterocycles. The Hall–Kier alpha value is -3.37. The van der Waals surface area contributed by atoms with Crippen molar-refractivity contribution in [3.63, 3.8) is 0 Å². The molecule has 1 fully saturated rings. The first-order valence-electron chi connectivity index (χ1n) is 12.8. The molecule has 4 aromatic carbocycles. The monoisotopic (exact) mass is 466 g/mol. The number of likely N-dealkylation sites (N-methyl/N-ethyl adjacent to an activating group) is 1. The van der Waals surface area contributed by atoms with Crippen LogP contribution in [0.5, 0.6) is 5.75 Å². The lowest BCUT2D eigenvalue weighted by Gasteiger charge is -2.34. The number of nitrogens with zero attached hydrogens (tertiary/aromatic N) is 2. The fourth-order valence-corrected chi connectivity index (χ4v) is 5.12. The number of piperazine rings is 1. The van der Waals surface area contributed by atoms with Crippen molar-refractivity contribution in [1.82, 2.24) is 4.90 Å². The van der Waals surface area contributed by atoms with Gasteiger partial charge in [-0.2, -0.15) is 0 Å². The Morgan fingerprint density at radius 3 is 2.43 bits per heavy atom. The maximum atomic E-state index is 12.3. The van der Waals surface area contributed by atoms with E-state index in [9.17, 15) is 4.79 Å². The predicted octanol–water partition coefficient (Wildman–Crippen LogP) is 6.79. The maximum absolute atomic E-state index is 12.3. The molecular weight excluding hydrogens is 432 g/mol. The van der Waals surface area contributed by atoms with E-state index >= 15 is 0 Å². The van der Waals surface area contributed by atoms with Crippen LogP contribution in [0.3, 0.4) is 0 Å². The van der Waals surface area contributed by atoms with Crippen LogP contribution in [0.4, 0.5) is 5.69 Å². The summed E-state index contributed by atoms with van der Waals surface area (Å²) >= 11 is 0. The highest BCUT2D eigenvalue weighted by Gasteiger charge is 2.18. The standard InChI is InChI=1S/C31H34N2O2/c1-3-4-7-20-35-31-15-14-26(27-12-10-23-8-5-6-9-25(23)30(27)22-34)29-21-24(11-13-28(29)31)33-18-16-32(2)17-19-33/h5-6,8-15,21-22H,3-4,7,16-20H2,1-2H3. The zero-order valence-corrected chi connectivity index (χ0v) is 20.8. The highest BCUT2D eigenvalue weighted by atomic mass is 16.5. The van der Waals surface area contributed by atoms with E-state index in [2.05, 4.69) is 72.3 Å². The number of carbonyl (C=O) groups is 1. The van der Waals surface area contributed by atoms with E-state index in [1.165, 1.54) is 18.5 Å². The van der Waals surface area contributed by atoms with Gasteiger partial charge in [-0.1, -0.05) is 62.2 Å². The Morgan fingerprint density at radius 2 is 1.63 bits per heavy atom. The minimum absolute atomic E-state index is 0.720. The molecule has 4 nitrogen and oxygen atoms in total. The number of aldehydes is 1. The van der Waals surface area contributed by atoms with E-state index in [1.807, 2.05) is 18.2 Å². The lowest BCUT2D eigenvalue weighted by molar-refractivity contribution is 0.112. The van der Waals surface area contributed by atoms with Gasteiger partial charge in [0.1, 0.15) is 5.75 Å². The van der Waals surface area contributed by atoms with Crippen LogP contribution in [0.2, 0.25) is 0 Å². The van der Waals surface area contributed by atoms with Gasteiger partial charge in [-0.05, 0) is 65.0 Å². The van der Waals surface area contributed by atoms with E-state index < -0.39 is 0 Å². The Bertz CT molecular complexity index is 1340. The number of fused-ring (bicyclic) bond motifs is 2. The lowest BCUT2D eigenvalue weighted by atomic mass is 9.91. The molecule has 0 saturated carbocycles. The molecule has 1 aliphatic heterocycles. The molecule has 0 atom stereocenters. The second-order valence-corrected chi connectivity index (χ2v) is 9.55. The molecule has 0 spiro atoms. The molecule has 0 N–H and O–H groups in total. The zero-order chi connectivity index (χ0) is 24.2. The summed E-state index contributed by atoms with van der Waals surface area (Å²) in [7, 11) is 2.18. The van der Waals surface area contributed by atoms with Gasteiger partial charge in [0.2, 0.25) is 0 Å². The smallest absolute Gasteiger partial charge is 0.151 e. The SMILES string of the molecule is CCCCCOc1ccc(-c2ccc3ccccc3c2C=O)c2cc(N3CCN(C)CC3)ccc12. The van der Waals surface area contributed by atoms with Crippen molar-refractivity contribution in [2.24, 2.45) is 0 Å². The van der Waals surface area contributed by atoms with Crippen molar-refractivity contribution in [3.8, 4) is 16.9 Å². The van der Waals surface area contributed by atoms with Gasteiger partial charge in [0.05, 0.1) is 6.61 Å². The molecule has 0 radical (unpaired) electrons. The number of rotatable bonds is 8. The van der Waals surface area contributed by atoms with E-state index in [0.29, 0.717) is 0 Å². The van der Waals surface area contributed by atoms with Crippen LogP contribution in [0.25, 0.3) is 32.7 Å². The molecule has 0 bridgehead atoms. The number of anilines is 1. The van der Waals surface area contributed by atoms with E-state index in [0.717, 1.165) is 89.5 Å². The van der Waals surface area contributed by atoms with Crippen molar-refractivity contribution in [2.75, 3.05) is 44.7 Å². The van der Waals surface area contributed by atoms with Gasteiger partial charge in [-0.25, -0.2) is 0 Å². The molecule has 0 unspecified atom stereocenters. The predicted molar refractivity (Wildman–Crippen MR) is 147 cm³/mol. The van der Waals surface area contributed by atoms with Crippen molar-refractivity contribution >= 4 is 33.5 Å². The fourth-order valence-electron chi connectivity index (χ4n) is 5.12. The average molecular weight is 467 g/mol. The first-order chi connectivity index (χ1) is 17.2. The average Bonchev–Trinajstić information content (AvgIpc) is 2.90. The molecule has 180 valence electrons. The zero-order valence-electron chi connectivity index (χ0n) is 20.8. The minimum Gasteiger partial charge on any atom is -0.493 e. The number of benzene rings is 4. The Morgan fingerprint density at radius 1 is 0.829 bits per heavy atom. The molecule has 1 aliphatic rings. The highest BCUT2D eigenvalue weighted by molar-refractivity contribution is 6.10. The summed E-state index contributed by atoms with van der Waals surface area (Å²) in [6.07, 6.45) is 4.40. The summed E-state index contributed by atoms with van der Waals surface area (Å²) in [6, 6.07) is 23.2. The molecular formula is C31H34N2O2. The van der Waals surface area contributed by atoms with Crippen LogP contribution in [0.15, 0.2) is 66.7 Å². The molecule has 1 heterocycles. The second kappa shape index (κ2) is 10.5. The van der Waals surface area contributed by atoms with Crippen molar-refractivity contribution < 1.29 is 9.53 Å². The minimum atomic E-state index is 0.720. The third-order valence-corrected chi connectivity index (χ3v) is 7.21. The molecule has 0 amide bonds. The van der Waals surface area contributed by atoms with E-state index in [1.54, 1.807) is 0 Å². The fraction of sp³-hybridized carbons (Fsp3) is 0.323. The number of hydrogen-bond donors (Lipinski definition) is 0. The summed E-state index contributed by atoms with van der Waals surface area (Å²) in [5.74, 6) is 0.915. The van der Waals surface area contributed by atoms with E-state index in [4.69, 9.17) is 4.74 Å². The highest BCUT2D eigenvalue weighted by Crippen LogP contribution is 2.39. The third-order valence-electron chi connectivity index (χ3n) is 7.21. The van der Waals surface area contributed by atoms with Crippen LogP contribution in [0.1, 0.15) is 36.5 Å². The Balaban J connectivity index is 1.64. The Labute approximate surface area is 208 Å². The third kappa shape index (κ3) is 4.76. The van der Waals surface area contributed by atoms with Gasteiger partial charge in [0, 0.05) is 42.8 Å². The number of hydrogen-bond acceptors (Lipinski definition) is 4. The maximum Gasteiger partial charge on any atom is 0.151 e. The van der Waals surface area contributed by atoms with Gasteiger partial charge in [-0.3, -0.25) is 4.79 Å². The first-order valence-corrected chi connectivity index (χ1v) is 12.8.